The fraction of sp³-hybridized carbons (Fsp3) is 0.333. The highest BCUT2D eigenvalue weighted by molar-refractivity contribution is 7.22. The van der Waals surface area contributed by atoms with Gasteiger partial charge in [0.2, 0.25) is 5.88 Å². The molecular formula is C39H34B3ClF4N6O6S. The number of thiophene rings is 1. The minimum atomic E-state index is -4.65. The monoisotopic (exact) mass is 858 g/mol. The molecule has 1 N–H and O–H groups in total. The molecule has 1 aliphatic rings. The van der Waals surface area contributed by atoms with Crippen molar-refractivity contribution in [3.05, 3.63) is 95.0 Å². The van der Waals surface area contributed by atoms with Gasteiger partial charge in [0.25, 0.3) is 6.01 Å². The number of benzene rings is 2. The molecule has 0 spiro atoms. The molecule has 60 heavy (non-hydrogen) atoms. The molecule has 6 aromatic rings. The van der Waals surface area contributed by atoms with E-state index in [1.165, 1.54) is 36.7 Å². The van der Waals surface area contributed by atoms with Crippen molar-refractivity contribution >= 4 is 62.7 Å². The Morgan fingerprint density at radius 1 is 1.05 bits per heavy atom. The van der Waals surface area contributed by atoms with Crippen LogP contribution in [0.2, 0.25) is 5.02 Å². The Hall–Kier alpha value is -5.04. The van der Waals surface area contributed by atoms with Gasteiger partial charge in [-0.3, -0.25) is 9.58 Å². The zero-order chi connectivity index (χ0) is 42.9. The number of likely N-dealkylation sites (N-methyl/N-ethyl adjacent to an activating group) is 1. The summed E-state index contributed by atoms with van der Waals surface area (Å²) < 4.78 is 78.3. The van der Waals surface area contributed by atoms with Crippen molar-refractivity contribution in [1.29, 1.82) is 0 Å². The van der Waals surface area contributed by atoms with E-state index < -0.39 is 42.0 Å². The number of aromatic nitrogens is 4. The van der Waals surface area contributed by atoms with Crippen LogP contribution in [0, 0.1) is 12.9 Å². The van der Waals surface area contributed by atoms with E-state index in [-0.39, 0.29) is 34.0 Å². The van der Waals surface area contributed by atoms with Gasteiger partial charge in [-0.2, -0.15) is 22.7 Å². The van der Waals surface area contributed by atoms with Crippen LogP contribution in [0.1, 0.15) is 22.6 Å². The molecule has 0 unspecified atom stereocenters. The van der Waals surface area contributed by atoms with Gasteiger partial charge in [-0.1, -0.05) is 35.9 Å². The van der Waals surface area contributed by atoms with Crippen LogP contribution in [-0.4, -0.2) is 123 Å². The molecule has 7 rings (SSSR count). The number of hydrogen-bond donors (Lipinski definition) is 1. The maximum absolute atomic E-state index is 14.3. The van der Waals surface area contributed by atoms with Crippen molar-refractivity contribution in [3.8, 4) is 39.1 Å². The lowest BCUT2D eigenvalue weighted by Crippen LogP contribution is -2.45. The lowest BCUT2D eigenvalue weighted by atomic mass is 9.63. The average Bonchev–Trinajstić information content (AvgIpc) is 3.94. The van der Waals surface area contributed by atoms with Crippen LogP contribution in [0.3, 0.4) is 0 Å². The highest BCUT2D eigenvalue weighted by Crippen LogP contribution is 2.50. The quantitative estimate of drug-likeness (QED) is 0.0915. The first-order chi connectivity index (χ1) is 28.5. The number of fused-ring (bicyclic) bond motifs is 1. The number of hydrogen-bond acceptors (Lipinski definition) is 11. The Morgan fingerprint density at radius 2 is 1.80 bits per heavy atom. The lowest BCUT2D eigenvalue weighted by Gasteiger charge is -2.32. The first-order valence-corrected chi connectivity index (χ1v) is 19.7. The summed E-state index contributed by atoms with van der Waals surface area (Å²) in [5.74, 6) is -2.77. The van der Waals surface area contributed by atoms with E-state index in [0.717, 1.165) is 55.8 Å². The predicted molar refractivity (Wildman–Crippen MR) is 219 cm³/mol. The molecule has 306 valence electrons. The van der Waals surface area contributed by atoms with Crippen molar-refractivity contribution < 1.29 is 46.1 Å². The molecule has 1 saturated heterocycles. The maximum atomic E-state index is 14.3. The number of furan rings is 1. The second-order valence-electron chi connectivity index (χ2n) is 14.1. The molecule has 2 aromatic carbocycles. The van der Waals surface area contributed by atoms with Crippen molar-refractivity contribution in [2.75, 3.05) is 46.4 Å². The van der Waals surface area contributed by atoms with Crippen LogP contribution in [0.5, 0.6) is 17.4 Å². The Balaban J connectivity index is 1.23. The zero-order valence-corrected chi connectivity index (χ0v) is 33.7. The number of carbonyl (C=O) groups is 1. The summed E-state index contributed by atoms with van der Waals surface area (Å²) in [5, 5.41) is 12.4. The first-order valence-electron chi connectivity index (χ1n) is 18.5. The van der Waals surface area contributed by atoms with Crippen molar-refractivity contribution in [2.24, 2.45) is 0 Å². The number of carboxylic acids is 1. The van der Waals surface area contributed by atoms with E-state index in [4.69, 9.17) is 53.8 Å². The van der Waals surface area contributed by atoms with E-state index in [1.807, 2.05) is 0 Å². The van der Waals surface area contributed by atoms with Gasteiger partial charge in [0.15, 0.2) is 6.10 Å². The number of nitrogens with zero attached hydrogens (tertiary/aromatic N) is 6. The normalized spacial score (nSPS) is 15.2. The summed E-state index contributed by atoms with van der Waals surface area (Å²) in [5.41, 5.74) is 1.25. The standard InChI is InChI=1S/C39H34B3ClF4N6O6S/c1-21-22(7-8-25(32(21)43)56-18-17-52-15-13-51(2)14-16-52)29-30-35(48-20-49-36(30)60-34(29)26-9-10-28(44)57-26)58-33(37(54)55)31(40)23-5-3-4-6-24(23)59-39(41,42)27-11-12-50-53(27)19-38(45,46)47/h3-12,20,31,33H,13-19H2,1-2H3,(H,54,55)/t31-,33+/m0/s1. The van der Waals surface area contributed by atoms with Crippen LogP contribution in [0.25, 0.3) is 32.0 Å². The highest BCUT2D eigenvalue weighted by Gasteiger charge is 2.36. The Labute approximate surface area is 354 Å². The van der Waals surface area contributed by atoms with Gasteiger partial charge >= 0.3 is 12.1 Å². The van der Waals surface area contributed by atoms with Crippen LogP contribution in [-0.2, 0) is 16.7 Å². The second-order valence-corrected chi connectivity index (χ2v) is 15.5. The molecule has 6 radical (unpaired) electrons. The minimum absolute atomic E-state index is 0.0282. The third-order valence-electron chi connectivity index (χ3n) is 9.94. The Bertz CT molecular complexity index is 2500. The van der Waals surface area contributed by atoms with Crippen molar-refractivity contribution in [3.63, 3.8) is 0 Å². The molecule has 0 aliphatic carbocycles. The molecule has 4 aromatic heterocycles. The van der Waals surface area contributed by atoms with E-state index in [2.05, 4.69) is 31.9 Å². The lowest BCUT2D eigenvalue weighted by molar-refractivity contribution is -0.145. The summed E-state index contributed by atoms with van der Waals surface area (Å²) in [7, 11) is 21.1. The van der Waals surface area contributed by atoms with Gasteiger partial charge in [0, 0.05) is 50.6 Å². The van der Waals surface area contributed by atoms with Crippen LogP contribution < -0.4 is 14.2 Å². The van der Waals surface area contributed by atoms with E-state index in [0.29, 0.717) is 55.0 Å². The van der Waals surface area contributed by atoms with Crippen LogP contribution >= 0.6 is 22.9 Å². The number of halogens is 5. The van der Waals surface area contributed by atoms with Gasteiger partial charge in [0.1, 0.15) is 57.3 Å². The molecule has 1 fully saturated rings. The third kappa shape index (κ3) is 9.31. The SMILES string of the molecule is [B][C@@H](c1ccccc1OC([B])([B])c1ccnn1CC(F)(F)F)[C@@H](Oc1ncnc2sc(-c3ccc(F)o3)c(-c3ccc(OCCN4CCN(C)CC4)c(Cl)c3C)c12)C(=O)O. The Morgan fingerprint density at radius 3 is 2.50 bits per heavy atom. The second kappa shape index (κ2) is 17.5. The smallest absolute Gasteiger partial charge is 0.408 e. The van der Waals surface area contributed by atoms with Gasteiger partial charge in [-0.05, 0) is 60.7 Å². The summed E-state index contributed by atoms with van der Waals surface area (Å²) in [4.78, 5) is 27.1. The maximum Gasteiger partial charge on any atom is 0.408 e. The zero-order valence-electron chi connectivity index (χ0n) is 32.2. The van der Waals surface area contributed by atoms with Gasteiger partial charge < -0.3 is 28.6 Å². The molecule has 12 nitrogen and oxygen atoms in total. The molecule has 1 aliphatic heterocycles. The topological polar surface area (TPSA) is 128 Å². The number of alkyl halides is 3. The van der Waals surface area contributed by atoms with Gasteiger partial charge in [-0.15, -0.1) is 11.3 Å². The van der Waals surface area contributed by atoms with E-state index >= 15 is 0 Å². The Kier molecular flexibility index (Phi) is 12.6. The summed E-state index contributed by atoms with van der Waals surface area (Å²) >= 11 is 8.07. The summed E-state index contributed by atoms with van der Waals surface area (Å²) in [6, 6.07) is 12.3. The van der Waals surface area contributed by atoms with Crippen molar-refractivity contribution in [1.82, 2.24) is 29.5 Å². The highest BCUT2D eigenvalue weighted by atomic mass is 35.5. The van der Waals surface area contributed by atoms with Crippen LogP contribution in [0.4, 0.5) is 17.6 Å². The molecule has 0 bridgehead atoms. The number of carboxylic acid groups (broad SMARTS) is 1. The molecule has 21 heteroatoms. The van der Waals surface area contributed by atoms with Crippen molar-refractivity contribution in [2.45, 2.75) is 37.0 Å². The first kappa shape index (κ1) is 43.1. The van der Waals surface area contributed by atoms with E-state index in [1.54, 1.807) is 19.1 Å². The fourth-order valence-corrected chi connectivity index (χ4v) is 8.19. The predicted octanol–water partition coefficient (Wildman–Crippen LogP) is 6.37. The minimum Gasteiger partial charge on any atom is -0.501 e. The molecule has 0 saturated carbocycles. The van der Waals surface area contributed by atoms with Gasteiger partial charge in [-0.25, -0.2) is 14.8 Å². The third-order valence-corrected chi connectivity index (χ3v) is 11.5. The molecule has 5 heterocycles. The van der Waals surface area contributed by atoms with Crippen LogP contribution in [0.15, 0.2) is 71.5 Å². The molecule has 0 amide bonds. The number of rotatable bonds is 15. The molecule has 2 atom stereocenters. The molecular weight excluding hydrogens is 824 g/mol. The number of para-hydroxylation sites is 1. The number of aliphatic carboxylic acids is 1. The fourth-order valence-electron chi connectivity index (χ4n) is 6.87. The largest absolute Gasteiger partial charge is 0.501 e. The average molecular weight is 859 g/mol. The van der Waals surface area contributed by atoms with E-state index in [9.17, 15) is 27.5 Å². The number of ether oxygens (including phenoxy) is 3. The number of piperazine rings is 1. The summed E-state index contributed by atoms with van der Waals surface area (Å²) in [6.07, 6.45) is -4.27. The summed E-state index contributed by atoms with van der Waals surface area (Å²) in [6.45, 7) is 5.18. The van der Waals surface area contributed by atoms with Gasteiger partial charge in [0.05, 0.1) is 34.2 Å².